The van der Waals surface area contributed by atoms with Crippen LogP contribution in [-0.4, -0.2) is 31.2 Å². The Labute approximate surface area is 94.8 Å². The van der Waals surface area contributed by atoms with E-state index >= 15 is 0 Å². The van der Waals surface area contributed by atoms with Gasteiger partial charge in [-0.15, -0.1) is 0 Å². The quantitative estimate of drug-likeness (QED) is 0.780. The van der Waals surface area contributed by atoms with Gasteiger partial charge in [0, 0.05) is 20.6 Å². The molecule has 1 N–H and O–H groups in total. The van der Waals surface area contributed by atoms with E-state index in [4.69, 9.17) is 9.47 Å². The molecule has 1 atom stereocenters. The lowest BCUT2D eigenvalue weighted by Gasteiger charge is -2.30. The zero-order chi connectivity index (χ0) is 12.2. The normalized spacial score (nSPS) is 15.1. The molecule has 0 saturated heterocycles. The maximum atomic E-state index is 13.0. The van der Waals surface area contributed by atoms with Crippen LogP contribution < -0.4 is 0 Å². The summed E-state index contributed by atoms with van der Waals surface area (Å²) < 4.78 is 23.0. The van der Waals surface area contributed by atoms with Crippen LogP contribution in [-0.2, 0) is 15.9 Å². The second kappa shape index (κ2) is 5.39. The van der Waals surface area contributed by atoms with Gasteiger partial charge in [-0.1, -0.05) is 12.1 Å². The van der Waals surface area contributed by atoms with Crippen molar-refractivity contribution in [1.82, 2.24) is 0 Å². The number of aliphatic hydroxyl groups is 1. The van der Waals surface area contributed by atoms with Gasteiger partial charge in [0.05, 0.1) is 0 Å². The third-order valence-corrected chi connectivity index (χ3v) is 2.39. The minimum atomic E-state index is -1.20. The smallest absolute Gasteiger partial charge is 0.185 e. The Morgan fingerprint density at radius 3 is 2.50 bits per heavy atom. The lowest BCUT2D eigenvalue weighted by atomic mass is 9.96. The summed E-state index contributed by atoms with van der Waals surface area (Å²) in [5, 5.41) is 10.1. The fourth-order valence-corrected chi connectivity index (χ4v) is 1.75. The van der Waals surface area contributed by atoms with Gasteiger partial charge in [0.15, 0.2) is 6.29 Å². The maximum Gasteiger partial charge on any atom is 0.185 e. The summed E-state index contributed by atoms with van der Waals surface area (Å²) in [5.74, 6) is -0.320. The molecule has 0 bridgehead atoms. The Bertz CT molecular complexity index is 335. The van der Waals surface area contributed by atoms with Gasteiger partial charge >= 0.3 is 0 Å². The molecule has 16 heavy (non-hydrogen) atoms. The first-order valence-electron chi connectivity index (χ1n) is 5.02. The van der Waals surface area contributed by atoms with Crippen molar-refractivity contribution in [3.8, 4) is 0 Å². The summed E-state index contributed by atoms with van der Waals surface area (Å²) in [6.07, 6.45) is -0.479. The van der Waals surface area contributed by atoms with Gasteiger partial charge in [-0.2, -0.15) is 0 Å². The molecule has 0 aliphatic carbocycles. The van der Waals surface area contributed by atoms with Crippen molar-refractivity contribution in [2.75, 3.05) is 14.2 Å². The molecular weight excluding hydrogens is 211 g/mol. The highest BCUT2D eigenvalue weighted by molar-refractivity contribution is 5.18. The van der Waals surface area contributed by atoms with Crippen molar-refractivity contribution >= 4 is 0 Å². The van der Waals surface area contributed by atoms with E-state index in [0.717, 1.165) is 0 Å². The predicted molar refractivity (Wildman–Crippen MR) is 58.5 cm³/mol. The number of hydrogen-bond donors (Lipinski definition) is 1. The molecule has 0 radical (unpaired) electrons. The second-order valence-corrected chi connectivity index (χ2v) is 3.97. The van der Waals surface area contributed by atoms with Crippen molar-refractivity contribution in [2.45, 2.75) is 25.2 Å². The molecule has 0 saturated carbocycles. The highest BCUT2D eigenvalue weighted by Crippen LogP contribution is 2.20. The van der Waals surface area contributed by atoms with Crippen LogP contribution in [0.1, 0.15) is 12.5 Å². The number of ether oxygens (including phenoxy) is 2. The topological polar surface area (TPSA) is 38.7 Å². The fraction of sp³-hybridized carbons (Fsp3) is 0.500. The van der Waals surface area contributed by atoms with Crippen LogP contribution in [0.15, 0.2) is 24.3 Å². The Balaban J connectivity index is 2.79. The zero-order valence-electron chi connectivity index (χ0n) is 9.74. The molecule has 1 aromatic rings. The summed E-state index contributed by atoms with van der Waals surface area (Å²) in [5.41, 5.74) is -0.499. The van der Waals surface area contributed by atoms with E-state index in [1.807, 2.05) is 0 Å². The van der Waals surface area contributed by atoms with Gasteiger partial charge in [-0.25, -0.2) is 4.39 Å². The van der Waals surface area contributed by atoms with Crippen LogP contribution in [0.5, 0.6) is 0 Å². The molecule has 0 heterocycles. The van der Waals surface area contributed by atoms with E-state index in [9.17, 15) is 9.50 Å². The highest BCUT2D eigenvalue weighted by atomic mass is 19.1. The molecule has 1 rings (SSSR count). The minimum Gasteiger partial charge on any atom is -0.385 e. The van der Waals surface area contributed by atoms with Gasteiger partial charge in [-0.3, -0.25) is 0 Å². The molecule has 0 fully saturated rings. The average Bonchev–Trinajstić information content (AvgIpc) is 2.18. The summed E-state index contributed by atoms with van der Waals surface area (Å²) in [6, 6.07) is 6.11. The SMILES string of the molecule is COC(OC)C(C)(O)Cc1cccc(F)c1. The van der Waals surface area contributed by atoms with Crippen molar-refractivity contribution < 1.29 is 19.0 Å². The minimum absolute atomic E-state index is 0.261. The van der Waals surface area contributed by atoms with Crippen LogP contribution in [0.3, 0.4) is 0 Å². The molecule has 0 aromatic heterocycles. The second-order valence-electron chi connectivity index (χ2n) is 3.97. The van der Waals surface area contributed by atoms with Gasteiger partial charge in [0.25, 0.3) is 0 Å². The summed E-state index contributed by atoms with van der Waals surface area (Å²) in [7, 11) is 2.91. The number of benzene rings is 1. The molecular formula is C12H17FO3. The van der Waals surface area contributed by atoms with Crippen molar-refractivity contribution in [2.24, 2.45) is 0 Å². The molecule has 0 amide bonds. The van der Waals surface area contributed by atoms with Gasteiger partial charge in [0.2, 0.25) is 0 Å². The summed E-state index contributed by atoms with van der Waals surface area (Å²) in [4.78, 5) is 0. The van der Waals surface area contributed by atoms with Crippen LogP contribution in [0.4, 0.5) is 4.39 Å². The van der Waals surface area contributed by atoms with E-state index in [1.54, 1.807) is 19.1 Å². The third-order valence-electron chi connectivity index (χ3n) is 2.39. The summed E-state index contributed by atoms with van der Waals surface area (Å²) >= 11 is 0. The van der Waals surface area contributed by atoms with E-state index in [1.165, 1.54) is 26.4 Å². The molecule has 3 nitrogen and oxygen atoms in total. The van der Waals surface area contributed by atoms with Crippen LogP contribution in [0.2, 0.25) is 0 Å². The van der Waals surface area contributed by atoms with Crippen molar-refractivity contribution in [3.63, 3.8) is 0 Å². The van der Waals surface area contributed by atoms with Crippen molar-refractivity contribution in [3.05, 3.63) is 35.6 Å². The zero-order valence-corrected chi connectivity index (χ0v) is 9.74. The number of hydrogen-bond acceptors (Lipinski definition) is 3. The monoisotopic (exact) mass is 228 g/mol. The molecule has 1 aromatic carbocycles. The molecule has 90 valence electrons. The summed E-state index contributed by atoms with van der Waals surface area (Å²) in [6.45, 7) is 1.59. The Hall–Kier alpha value is -0.970. The predicted octanol–water partition coefficient (Wildman–Crippen LogP) is 1.74. The molecule has 1 unspecified atom stereocenters. The molecule has 0 spiro atoms. The van der Waals surface area contributed by atoms with E-state index in [0.29, 0.717) is 5.56 Å². The standard InChI is InChI=1S/C12H17FO3/c1-12(14,11(15-2)16-3)8-9-5-4-6-10(13)7-9/h4-7,11,14H,8H2,1-3H3. The fourth-order valence-electron chi connectivity index (χ4n) is 1.75. The number of methoxy groups -OCH3 is 2. The average molecular weight is 228 g/mol. The highest BCUT2D eigenvalue weighted by Gasteiger charge is 2.32. The number of halogens is 1. The Morgan fingerprint density at radius 1 is 1.38 bits per heavy atom. The third kappa shape index (κ3) is 3.27. The molecule has 0 aliphatic heterocycles. The number of rotatable bonds is 5. The molecule has 4 heteroatoms. The van der Waals surface area contributed by atoms with E-state index in [2.05, 4.69) is 0 Å². The lowest BCUT2D eigenvalue weighted by molar-refractivity contribution is -0.207. The van der Waals surface area contributed by atoms with Crippen LogP contribution in [0, 0.1) is 5.82 Å². The first-order chi connectivity index (χ1) is 7.49. The van der Waals surface area contributed by atoms with Gasteiger partial charge < -0.3 is 14.6 Å². The van der Waals surface area contributed by atoms with Gasteiger partial charge in [0.1, 0.15) is 11.4 Å². The van der Waals surface area contributed by atoms with Crippen LogP contribution >= 0.6 is 0 Å². The van der Waals surface area contributed by atoms with Gasteiger partial charge in [-0.05, 0) is 24.6 Å². The molecule has 0 aliphatic rings. The first-order valence-corrected chi connectivity index (χ1v) is 5.02. The largest absolute Gasteiger partial charge is 0.385 e. The van der Waals surface area contributed by atoms with Crippen LogP contribution in [0.25, 0.3) is 0 Å². The lowest BCUT2D eigenvalue weighted by Crippen LogP contribution is -2.43. The van der Waals surface area contributed by atoms with E-state index in [-0.39, 0.29) is 12.2 Å². The Kier molecular flexibility index (Phi) is 4.41. The first kappa shape index (κ1) is 13.1. The maximum absolute atomic E-state index is 13.0. The van der Waals surface area contributed by atoms with Crippen molar-refractivity contribution in [1.29, 1.82) is 0 Å². The Morgan fingerprint density at radius 2 is 2.00 bits per heavy atom. The van der Waals surface area contributed by atoms with E-state index < -0.39 is 11.9 Å².